The largest absolute Gasteiger partial charge is 0.454 e. The molecule has 1 aromatic heterocycles. The minimum atomic E-state index is 0.297. The van der Waals surface area contributed by atoms with Gasteiger partial charge in [0.1, 0.15) is 12.1 Å². The van der Waals surface area contributed by atoms with E-state index in [4.69, 9.17) is 14.2 Å². The first-order valence-corrected chi connectivity index (χ1v) is 7.40. The Kier molecular flexibility index (Phi) is 3.52. The molecule has 4 rings (SSSR count). The van der Waals surface area contributed by atoms with Gasteiger partial charge < -0.3 is 19.5 Å². The molecule has 1 atom stereocenters. The summed E-state index contributed by atoms with van der Waals surface area (Å²) in [4.78, 5) is 8.64. The fraction of sp³-hybridized carbons (Fsp3) is 0.375. The summed E-state index contributed by atoms with van der Waals surface area (Å²) in [5, 5.41) is 3.33. The van der Waals surface area contributed by atoms with E-state index < -0.39 is 0 Å². The van der Waals surface area contributed by atoms with Crippen molar-refractivity contribution in [2.75, 3.05) is 25.3 Å². The van der Waals surface area contributed by atoms with E-state index in [0.717, 1.165) is 48.2 Å². The Morgan fingerprint density at radius 2 is 2.09 bits per heavy atom. The van der Waals surface area contributed by atoms with Crippen molar-refractivity contribution in [2.24, 2.45) is 0 Å². The van der Waals surface area contributed by atoms with E-state index in [9.17, 15) is 0 Å². The number of hydrogen-bond donors (Lipinski definition) is 1. The van der Waals surface area contributed by atoms with Crippen LogP contribution in [0, 0.1) is 0 Å². The number of nitrogens with one attached hydrogen (secondary N) is 1. The standard InChI is InChI=1S/C16H17N3O3/c1-2-14-15(22-10-21-14)5-11(1)7-17-16-6-13(18-9-19-16)12-3-4-20-8-12/h1-2,5-6,9,12H,3-4,7-8,10H2,(H,17,18,19). The number of anilines is 1. The van der Waals surface area contributed by atoms with Crippen LogP contribution in [0.4, 0.5) is 5.82 Å². The van der Waals surface area contributed by atoms with Gasteiger partial charge in [-0.3, -0.25) is 0 Å². The molecule has 0 radical (unpaired) electrons. The molecule has 0 aliphatic carbocycles. The third kappa shape index (κ3) is 2.69. The van der Waals surface area contributed by atoms with E-state index in [1.807, 2.05) is 24.3 Å². The lowest BCUT2D eigenvalue weighted by atomic mass is 10.1. The highest BCUT2D eigenvalue weighted by Crippen LogP contribution is 2.32. The summed E-state index contributed by atoms with van der Waals surface area (Å²) in [6.07, 6.45) is 2.63. The molecule has 1 saturated heterocycles. The van der Waals surface area contributed by atoms with E-state index >= 15 is 0 Å². The summed E-state index contributed by atoms with van der Waals surface area (Å²) in [5.41, 5.74) is 2.16. The van der Waals surface area contributed by atoms with E-state index in [0.29, 0.717) is 19.3 Å². The van der Waals surface area contributed by atoms with E-state index in [1.165, 1.54) is 0 Å². The van der Waals surface area contributed by atoms with Crippen LogP contribution in [0.2, 0.25) is 0 Å². The molecule has 3 heterocycles. The van der Waals surface area contributed by atoms with Crippen LogP contribution >= 0.6 is 0 Å². The summed E-state index contributed by atoms with van der Waals surface area (Å²) >= 11 is 0. The Balaban J connectivity index is 1.44. The van der Waals surface area contributed by atoms with Crippen LogP contribution in [0.15, 0.2) is 30.6 Å². The van der Waals surface area contributed by atoms with Crippen molar-refractivity contribution in [1.82, 2.24) is 9.97 Å². The zero-order valence-electron chi connectivity index (χ0n) is 12.1. The molecule has 2 aromatic rings. The average molecular weight is 299 g/mol. The van der Waals surface area contributed by atoms with Gasteiger partial charge in [0, 0.05) is 25.1 Å². The minimum absolute atomic E-state index is 0.297. The van der Waals surface area contributed by atoms with Crippen LogP contribution in [0.3, 0.4) is 0 Å². The van der Waals surface area contributed by atoms with Crippen LogP contribution in [0.1, 0.15) is 23.6 Å². The molecule has 6 heteroatoms. The molecule has 0 spiro atoms. The van der Waals surface area contributed by atoms with Crippen LogP contribution in [0.5, 0.6) is 11.5 Å². The molecular weight excluding hydrogens is 282 g/mol. The molecule has 1 aromatic carbocycles. The molecule has 2 aliphatic rings. The number of nitrogens with zero attached hydrogens (tertiary/aromatic N) is 2. The average Bonchev–Trinajstić information content (AvgIpc) is 3.24. The number of benzene rings is 1. The third-order valence-corrected chi connectivity index (χ3v) is 3.95. The monoisotopic (exact) mass is 299 g/mol. The maximum Gasteiger partial charge on any atom is 0.231 e. The second kappa shape index (κ2) is 5.81. The molecule has 6 nitrogen and oxygen atoms in total. The summed E-state index contributed by atoms with van der Waals surface area (Å²) in [6, 6.07) is 7.95. The zero-order valence-corrected chi connectivity index (χ0v) is 12.1. The molecule has 0 bridgehead atoms. The Morgan fingerprint density at radius 3 is 3.00 bits per heavy atom. The maximum atomic E-state index is 5.42. The zero-order chi connectivity index (χ0) is 14.8. The van der Waals surface area contributed by atoms with E-state index in [-0.39, 0.29) is 0 Å². The third-order valence-electron chi connectivity index (χ3n) is 3.95. The summed E-state index contributed by atoms with van der Waals surface area (Å²) in [7, 11) is 0. The Hall–Kier alpha value is -2.34. The number of aromatic nitrogens is 2. The van der Waals surface area contributed by atoms with Crippen molar-refractivity contribution < 1.29 is 14.2 Å². The fourth-order valence-corrected chi connectivity index (χ4v) is 2.70. The lowest BCUT2D eigenvalue weighted by molar-refractivity contribution is 0.174. The maximum absolute atomic E-state index is 5.42. The summed E-state index contributed by atoms with van der Waals surface area (Å²) < 4.78 is 16.1. The van der Waals surface area contributed by atoms with Gasteiger partial charge in [0.15, 0.2) is 11.5 Å². The van der Waals surface area contributed by atoms with Crippen molar-refractivity contribution in [3.63, 3.8) is 0 Å². The number of fused-ring (bicyclic) bond motifs is 1. The molecule has 1 fully saturated rings. The number of ether oxygens (including phenoxy) is 3. The second-order valence-electron chi connectivity index (χ2n) is 5.43. The van der Waals surface area contributed by atoms with Gasteiger partial charge >= 0.3 is 0 Å². The van der Waals surface area contributed by atoms with Gasteiger partial charge in [0.05, 0.1) is 12.3 Å². The van der Waals surface area contributed by atoms with Crippen LogP contribution < -0.4 is 14.8 Å². The highest BCUT2D eigenvalue weighted by atomic mass is 16.7. The molecule has 114 valence electrons. The Bertz CT molecular complexity index is 671. The van der Waals surface area contributed by atoms with Crippen LogP contribution in [0.25, 0.3) is 0 Å². The summed E-state index contributed by atoms with van der Waals surface area (Å²) in [6.45, 7) is 2.53. The van der Waals surface area contributed by atoms with Gasteiger partial charge in [-0.1, -0.05) is 6.07 Å². The van der Waals surface area contributed by atoms with Crippen LogP contribution in [-0.2, 0) is 11.3 Å². The van der Waals surface area contributed by atoms with Crippen LogP contribution in [-0.4, -0.2) is 30.0 Å². The van der Waals surface area contributed by atoms with Gasteiger partial charge in [-0.2, -0.15) is 0 Å². The Morgan fingerprint density at radius 1 is 1.14 bits per heavy atom. The second-order valence-corrected chi connectivity index (χ2v) is 5.43. The lowest BCUT2D eigenvalue weighted by Gasteiger charge is -2.10. The van der Waals surface area contributed by atoms with E-state index in [2.05, 4.69) is 15.3 Å². The van der Waals surface area contributed by atoms with Crippen molar-refractivity contribution in [2.45, 2.75) is 18.9 Å². The summed E-state index contributed by atoms with van der Waals surface area (Å²) in [5.74, 6) is 2.81. The molecule has 1 unspecified atom stereocenters. The molecule has 0 amide bonds. The van der Waals surface area contributed by atoms with E-state index in [1.54, 1.807) is 6.33 Å². The van der Waals surface area contributed by atoms with Gasteiger partial charge in [0.2, 0.25) is 6.79 Å². The van der Waals surface area contributed by atoms with Crippen molar-refractivity contribution >= 4 is 5.82 Å². The van der Waals surface area contributed by atoms with Gasteiger partial charge in [0.25, 0.3) is 0 Å². The fourth-order valence-electron chi connectivity index (χ4n) is 2.70. The number of hydrogen-bond acceptors (Lipinski definition) is 6. The molecule has 2 aliphatic heterocycles. The highest BCUT2D eigenvalue weighted by Gasteiger charge is 2.19. The predicted octanol–water partition coefficient (Wildman–Crippen LogP) is 2.32. The minimum Gasteiger partial charge on any atom is -0.454 e. The van der Waals surface area contributed by atoms with Crippen molar-refractivity contribution in [1.29, 1.82) is 0 Å². The van der Waals surface area contributed by atoms with Crippen molar-refractivity contribution in [3.8, 4) is 11.5 Å². The predicted molar refractivity (Wildman–Crippen MR) is 80.1 cm³/mol. The smallest absolute Gasteiger partial charge is 0.231 e. The van der Waals surface area contributed by atoms with Crippen molar-refractivity contribution in [3.05, 3.63) is 41.9 Å². The first-order chi connectivity index (χ1) is 10.9. The molecule has 22 heavy (non-hydrogen) atoms. The topological polar surface area (TPSA) is 65.5 Å². The molecule has 0 saturated carbocycles. The first-order valence-electron chi connectivity index (χ1n) is 7.40. The SMILES string of the molecule is c1nc(NCc2ccc3c(c2)OCO3)cc(C2CCOC2)n1. The Labute approximate surface area is 128 Å². The van der Waals surface area contributed by atoms with Gasteiger partial charge in [-0.25, -0.2) is 9.97 Å². The number of rotatable bonds is 4. The van der Waals surface area contributed by atoms with Gasteiger partial charge in [-0.05, 0) is 24.1 Å². The quantitative estimate of drug-likeness (QED) is 0.934. The normalized spacial score (nSPS) is 19.4. The molecule has 1 N–H and O–H groups in total. The van der Waals surface area contributed by atoms with Gasteiger partial charge in [-0.15, -0.1) is 0 Å². The highest BCUT2D eigenvalue weighted by molar-refractivity contribution is 5.46. The lowest BCUT2D eigenvalue weighted by Crippen LogP contribution is -2.06. The first kappa shape index (κ1) is 13.3. The molecular formula is C16H17N3O3.